The summed E-state index contributed by atoms with van der Waals surface area (Å²) < 4.78 is 0. The number of nitrogens with zero attached hydrogens (tertiary/aromatic N) is 2. The zero-order valence-corrected chi connectivity index (χ0v) is 11.8. The zero-order chi connectivity index (χ0) is 13.7. The van der Waals surface area contributed by atoms with Gasteiger partial charge >= 0.3 is 0 Å². The molecule has 0 saturated carbocycles. The van der Waals surface area contributed by atoms with Crippen molar-refractivity contribution in [3.63, 3.8) is 0 Å². The largest absolute Gasteiger partial charge is 0.409 e. The summed E-state index contributed by atoms with van der Waals surface area (Å²) in [5.74, 6) is 0.625. The monoisotopic (exact) mass is 269 g/mol. The van der Waals surface area contributed by atoms with Gasteiger partial charge in [-0.25, -0.2) is 0 Å². The highest BCUT2D eigenvalue weighted by Gasteiger charge is 2.11. The van der Waals surface area contributed by atoms with Gasteiger partial charge in [0.2, 0.25) is 0 Å². The van der Waals surface area contributed by atoms with E-state index in [0.29, 0.717) is 16.5 Å². The summed E-state index contributed by atoms with van der Waals surface area (Å²) in [5.41, 5.74) is 7.12. The van der Waals surface area contributed by atoms with Crippen LogP contribution in [-0.4, -0.2) is 24.1 Å². The van der Waals surface area contributed by atoms with E-state index in [1.54, 1.807) is 12.1 Å². The third-order valence-electron chi connectivity index (χ3n) is 2.66. The molecule has 0 unspecified atom stereocenters. The molecule has 0 fully saturated rings. The first-order valence-corrected chi connectivity index (χ1v) is 6.39. The molecule has 0 radical (unpaired) electrons. The van der Waals surface area contributed by atoms with Crippen LogP contribution in [0.5, 0.6) is 0 Å². The van der Waals surface area contributed by atoms with Crippen LogP contribution in [0.1, 0.15) is 26.3 Å². The maximum absolute atomic E-state index is 8.63. The Morgan fingerprint density at radius 2 is 2.17 bits per heavy atom. The Morgan fingerprint density at radius 1 is 1.50 bits per heavy atom. The van der Waals surface area contributed by atoms with Crippen LogP contribution >= 0.6 is 11.6 Å². The fourth-order valence-electron chi connectivity index (χ4n) is 1.82. The molecule has 0 aliphatic carbocycles. The predicted molar refractivity (Wildman–Crippen MR) is 76.7 cm³/mol. The van der Waals surface area contributed by atoms with Gasteiger partial charge in [-0.2, -0.15) is 0 Å². The smallest absolute Gasteiger partial charge is 0.170 e. The topological polar surface area (TPSA) is 61.8 Å². The highest BCUT2D eigenvalue weighted by molar-refractivity contribution is 6.33. The van der Waals surface area contributed by atoms with E-state index >= 15 is 0 Å². The second kappa shape index (κ2) is 6.50. The molecular weight excluding hydrogens is 250 g/mol. The molecule has 0 aliphatic rings. The van der Waals surface area contributed by atoms with E-state index in [-0.39, 0.29) is 5.84 Å². The van der Waals surface area contributed by atoms with Gasteiger partial charge in [0.15, 0.2) is 5.84 Å². The van der Waals surface area contributed by atoms with Crippen molar-refractivity contribution in [2.75, 3.05) is 18.0 Å². The SMILES string of the molecule is CCN(CC(C)C)c1ccc(C(N)=NO)cc1Cl. The number of rotatable bonds is 5. The molecule has 0 heterocycles. The quantitative estimate of drug-likeness (QED) is 0.374. The minimum Gasteiger partial charge on any atom is -0.409 e. The molecular formula is C13H20ClN3O. The first-order chi connectivity index (χ1) is 8.49. The van der Waals surface area contributed by atoms with Gasteiger partial charge in [0.05, 0.1) is 10.7 Å². The second-order valence-corrected chi connectivity index (χ2v) is 4.99. The van der Waals surface area contributed by atoms with E-state index < -0.39 is 0 Å². The molecule has 18 heavy (non-hydrogen) atoms. The lowest BCUT2D eigenvalue weighted by atomic mass is 10.1. The Morgan fingerprint density at radius 3 is 2.61 bits per heavy atom. The third kappa shape index (κ3) is 3.53. The molecule has 0 atom stereocenters. The Balaban J connectivity index is 3.03. The third-order valence-corrected chi connectivity index (χ3v) is 2.96. The van der Waals surface area contributed by atoms with Crippen molar-refractivity contribution in [1.82, 2.24) is 0 Å². The molecule has 0 aromatic heterocycles. The molecule has 4 nitrogen and oxygen atoms in total. The minimum absolute atomic E-state index is 0.0651. The highest BCUT2D eigenvalue weighted by Crippen LogP contribution is 2.27. The Hall–Kier alpha value is -1.42. The van der Waals surface area contributed by atoms with E-state index in [9.17, 15) is 0 Å². The molecule has 0 aliphatic heterocycles. The lowest BCUT2D eigenvalue weighted by Crippen LogP contribution is -2.27. The van der Waals surface area contributed by atoms with Crippen LogP contribution in [0.2, 0.25) is 5.02 Å². The first-order valence-electron chi connectivity index (χ1n) is 6.02. The van der Waals surface area contributed by atoms with Crippen molar-refractivity contribution in [2.24, 2.45) is 16.8 Å². The van der Waals surface area contributed by atoms with Crippen molar-refractivity contribution in [3.8, 4) is 0 Å². The summed E-state index contributed by atoms with van der Waals surface area (Å²) in [4.78, 5) is 2.21. The molecule has 5 heteroatoms. The van der Waals surface area contributed by atoms with Gasteiger partial charge in [-0.1, -0.05) is 30.6 Å². The van der Waals surface area contributed by atoms with Crippen LogP contribution in [0.15, 0.2) is 23.4 Å². The first kappa shape index (κ1) is 14.6. The maximum Gasteiger partial charge on any atom is 0.170 e. The summed E-state index contributed by atoms with van der Waals surface area (Å²) in [5, 5.41) is 12.2. The molecule has 1 aromatic rings. The molecule has 1 aromatic carbocycles. The van der Waals surface area contributed by atoms with Gasteiger partial charge in [-0.05, 0) is 31.0 Å². The van der Waals surface area contributed by atoms with Gasteiger partial charge < -0.3 is 15.8 Å². The van der Waals surface area contributed by atoms with Crippen LogP contribution in [0.25, 0.3) is 0 Å². The molecule has 3 N–H and O–H groups in total. The number of hydrogen-bond donors (Lipinski definition) is 2. The molecule has 0 amide bonds. The molecule has 1 rings (SSSR count). The summed E-state index contributed by atoms with van der Waals surface area (Å²) >= 11 is 6.25. The van der Waals surface area contributed by atoms with Gasteiger partial charge in [0.25, 0.3) is 0 Å². The number of nitrogens with two attached hydrogens (primary N) is 1. The number of amidine groups is 1. The lowest BCUT2D eigenvalue weighted by molar-refractivity contribution is 0.318. The van der Waals surface area contributed by atoms with Crippen LogP contribution in [0.4, 0.5) is 5.69 Å². The number of hydrogen-bond acceptors (Lipinski definition) is 3. The standard InChI is InChI=1S/C13H20ClN3O/c1-4-17(8-9(2)3)12-6-5-10(7-11(12)14)13(15)16-18/h5-7,9,18H,4,8H2,1-3H3,(H2,15,16). The van der Waals surface area contributed by atoms with E-state index in [4.69, 9.17) is 22.5 Å². The molecule has 0 spiro atoms. The van der Waals surface area contributed by atoms with Gasteiger partial charge in [0.1, 0.15) is 0 Å². The predicted octanol–water partition coefficient (Wildman–Crippen LogP) is 2.92. The second-order valence-electron chi connectivity index (χ2n) is 4.58. The van der Waals surface area contributed by atoms with Crippen molar-refractivity contribution in [3.05, 3.63) is 28.8 Å². The van der Waals surface area contributed by atoms with Crippen molar-refractivity contribution in [2.45, 2.75) is 20.8 Å². The van der Waals surface area contributed by atoms with Crippen molar-refractivity contribution >= 4 is 23.1 Å². The summed E-state index contributed by atoms with van der Waals surface area (Å²) in [6, 6.07) is 5.43. The average molecular weight is 270 g/mol. The minimum atomic E-state index is 0.0651. The van der Waals surface area contributed by atoms with E-state index in [1.807, 2.05) is 6.07 Å². The Labute approximate surface area is 113 Å². The van der Waals surface area contributed by atoms with Gasteiger partial charge in [-0.15, -0.1) is 0 Å². The normalized spacial score (nSPS) is 11.9. The summed E-state index contributed by atoms with van der Waals surface area (Å²) in [7, 11) is 0. The van der Waals surface area contributed by atoms with Crippen LogP contribution < -0.4 is 10.6 Å². The molecule has 0 bridgehead atoms. The van der Waals surface area contributed by atoms with E-state index in [1.165, 1.54) is 0 Å². The lowest BCUT2D eigenvalue weighted by Gasteiger charge is -2.26. The van der Waals surface area contributed by atoms with E-state index in [2.05, 4.69) is 30.8 Å². The summed E-state index contributed by atoms with van der Waals surface area (Å²) in [6.07, 6.45) is 0. The van der Waals surface area contributed by atoms with Crippen molar-refractivity contribution in [1.29, 1.82) is 0 Å². The molecule has 0 saturated heterocycles. The maximum atomic E-state index is 8.63. The molecule has 100 valence electrons. The Bertz CT molecular complexity index is 432. The van der Waals surface area contributed by atoms with Crippen LogP contribution in [0.3, 0.4) is 0 Å². The fourth-order valence-corrected chi connectivity index (χ4v) is 2.12. The van der Waals surface area contributed by atoms with Crippen LogP contribution in [-0.2, 0) is 0 Å². The number of benzene rings is 1. The van der Waals surface area contributed by atoms with Crippen molar-refractivity contribution < 1.29 is 5.21 Å². The van der Waals surface area contributed by atoms with Gasteiger partial charge in [-0.3, -0.25) is 0 Å². The highest BCUT2D eigenvalue weighted by atomic mass is 35.5. The van der Waals surface area contributed by atoms with E-state index in [0.717, 1.165) is 18.8 Å². The summed E-state index contributed by atoms with van der Waals surface area (Å²) in [6.45, 7) is 8.26. The average Bonchev–Trinajstić information content (AvgIpc) is 2.35. The number of halogens is 1. The Kier molecular flexibility index (Phi) is 5.28. The fraction of sp³-hybridized carbons (Fsp3) is 0.462. The van der Waals surface area contributed by atoms with Gasteiger partial charge in [0, 0.05) is 18.7 Å². The van der Waals surface area contributed by atoms with Crippen LogP contribution in [0, 0.1) is 5.92 Å². The zero-order valence-electron chi connectivity index (χ0n) is 11.0. The number of anilines is 1. The number of oxime groups is 1.